The number of likely N-dealkylation sites (N-methyl/N-ethyl adjacent to an activating group) is 1. The zero-order valence-corrected chi connectivity index (χ0v) is 19.6. The maximum atomic E-state index is 13.0. The first kappa shape index (κ1) is 24.7. The van der Waals surface area contributed by atoms with Gasteiger partial charge in [-0.2, -0.15) is 0 Å². The lowest BCUT2D eigenvalue weighted by Gasteiger charge is -2.20. The van der Waals surface area contributed by atoms with E-state index in [0.29, 0.717) is 42.1 Å². The van der Waals surface area contributed by atoms with Gasteiger partial charge in [-0.25, -0.2) is 4.98 Å². The van der Waals surface area contributed by atoms with Crippen LogP contribution in [0.1, 0.15) is 27.1 Å². The number of aliphatic carboxylic acids is 1. The van der Waals surface area contributed by atoms with Gasteiger partial charge < -0.3 is 20.6 Å². The number of carboxylic acids is 1. The Morgan fingerprint density at radius 3 is 2.21 bits per heavy atom. The van der Waals surface area contributed by atoms with Crippen molar-refractivity contribution in [1.29, 1.82) is 0 Å². The molecule has 3 N–H and O–H groups in total. The molecule has 0 aliphatic carbocycles. The van der Waals surface area contributed by atoms with Crippen LogP contribution in [0.25, 0.3) is 10.8 Å². The highest BCUT2D eigenvalue weighted by atomic mass is 16.4. The first-order valence-corrected chi connectivity index (χ1v) is 10.9. The number of rotatable bonds is 9. The van der Waals surface area contributed by atoms with E-state index in [-0.39, 0.29) is 18.4 Å². The number of pyridine rings is 1. The highest BCUT2D eigenvalue weighted by molar-refractivity contribution is 6.07. The van der Waals surface area contributed by atoms with Gasteiger partial charge in [0.2, 0.25) is 0 Å². The lowest BCUT2D eigenvalue weighted by atomic mass is 10.1. The molecule has 9 nitrogen and oxygen atoms in total. The van der Waals surface area contributed by atoms with Gasteiger partial charge in [0, 0.05) is 55.6 Å². The SMILES string of the molecule is CN(CCCN(C)C(=O)c1ccc(C(=O)N(C)c2ccc3ccnc(N)c3c2)cc1)CC(=O)O. The fourth-order valence-corrected chi connectivity index (χ4v) is 3.66. The van der Waals surface area contributed by atoms with E-state index in [1.165, 1.54) is 4.90 Å². The summed E-state index contributed by atoms with van der Waals surface area (Å²) >= 11 is 0. The summed E-state index contributed by atoms with van der Waals surface area (Å²) in [5.74, 6) is -0.851. The fourth-order valence-electron chi connectivity index (χ4n) is 3.66. The summed E-state index contributed by atoms with van der Waals surface area (Å²) < 4.78 is 0. The van der Waals surface area contributed by atoms with Crippen molar-refractivity contribution >= 4 is 40.1 Å². The molecule has 0 unspecified atom stereocenters. The molecule has 3 aromatic rings. The lowest BCUT2D eigenvalue weighted by molar-refractivity contribution is -0.138. The molecule has 0 aliphatic heterocycles. The van der Waals surface area contributed by atoms with Crippen LogP contribution in [0.3, 0.4) is 0 Å². The van der Waals surface area contributed by atoms with Crippen LogP contribution in [0.2, 0.25) is 0 Å². The van der Waals surface area contributed by atoms with Gasteiger partial charge in [-0.1, -0.05) is 6.07 Å². The van der Waals surface area contributed by atoms with E-state index in [1.807, 2.05) is 24.3 Å². The molecule has 0 saturated heterocycles. The monoisotopic (exact) mass is 463 g/mol. The van der Waals surface area contributed by atoms with E-state index in [4.69, 9.17) is 10.8 Å². The molecule has 9 heteroatoms. The zero-order chi connectivity index (χ0) is 24.8. The van der Waals surface area contributed by atoms with Gasteiger partial charge in [-0.05, 0) is 61.3 Å². The summed E-state index contributed by atoms with van der Waals surface area (Å²) in [5.41, 5.74) is 7.59. The van der Waals surface area contributed by atoms with Crippen molar-refractivity contribution in [3.63, 3.8) is 0 Å². The number of hydrogen-bond acceptors (Lipinski definition) is 6. The predicted octanol–water partition coefficient (Wildman–Crippen LogP) is 2.57. The molecule has 2 amide bonds. The van der Waals surface area contributed by atoms with E-state index in [0.717, 1.165) is 10.8 Å². The average Bonchev–Trinajstić information content (AvgIpc) is 2.82. The molecule has 178 valence electrons. The van der Waals surface area contributed by atoms with E-state index in [1.54, 1.807) is 61.4 Å². The second kappa shape index (κ2) is 10.8. The third-order valence-electron chi connectivity index (χ3n) is 5.64. The van der Waals surface area contributed by atoms with Gasteiger partial charge in [-0.15, -0.1) is 0 Å². The van der Waals surface area contributed by atoms with Crippen LogP contribution in [0, 0.1) is 0 Å². The van der Waals surface area contributed by atoms with Crippen molar-refractivity contribution in [2.75, 3.05) is 51.4 Å². The number of amides is 2. The topological polar surface area (TPSA) is 120 Å². The number of carbonyl (C=O) groups is 3. The standard InChI is InChI=1S/C25H29N5O4/c1-28(16-22(31)32)13-4-14-29(2)24(33)18-5-7-19(8-6-18)25(34)30(3)20-10-9-17-11-12-27-23(26)21(17)15-20/h5-12,15H,4,13-14,16H2,1-3H3,(H2,26,27)(H,31,32). The maximum Gasteiger partial charge on any atom is 0.317 e. The first-order valence-electron chi connectivity index (χ1n) is 10.9. The minimum Gasteiger partial charge on any atom is -0.480 e. The zero-order valence-electron chi connectivity index (χ0n) is 19.6. The van der Waals surface area contributed by atoms with Crippen molar-refractivity contribution in [3.8, 4) is 0 Å². The van der Waals surface area contributed by atoms with Gasteiger partial charge in [0.15, 0.2) is 0 Å². The summed E-state index contributed by atoms with van der Waals surface area (Å²) in [5, 5.41) is 10.5. The number of anilines is 2. The number of aromatic nitrogens is 1. The van der Waals surface area contributed by atoms with Crippen LogP contribution < -0.4 is 10.6 Å². The smallest absolute Gasteiger partial charge is 0.317 e. The Morgan fingerprint density at radius 2 is 1.56 bits per heavy atom. The Balaban J connectivity index is 1.63. The van der Waals surface area contributed by atoms with Gasteiger partial charge in [-0.3, -0.25) is 19.3 Å². The number of hydrogen-bond donors (Lipinski definition) is 2. The quantitative estimate of drug-likeness (QED) is 0.500. The number of fused-ring (bicyclic) bond motifs is 1. The molecule has 0 atom stereocenters. The van der Waals surface area contributed by atoms with Crippen molar-refractivity contribution in [2.24, 2.45) is 0 Å². The molecular formula is C25H29N5O4. The van der Waals surface area contributed by atoms with Crippen LogP contribution in [0.5, 0.6) is 0 Å². The Kier molecular flexibility index (Phi) is 7.80. The van der Waals surface area contributed by atoms with Crippen molar-refractivity contribution in [2.45, 2.75) is 6.42 Å². The predicted molar refractivity (Wildman–Crippen MR) is 132 cm³/mol. The molecule has 3 rings (SSSR count). The highest BCUT2D eigenvalue weighted by Crippen LogP contribution is 2.25. The molecule has 0 aliphatic rings. The second-order valence-corrected chi connectivity index (χ2v) is 8.25. The maximum absolute atomic E-state index is 13.0. The minimum atomic E-state index is -0.881. The van der Waals surface area contributed by atoms with E-state index < -0.39 is 5.97 Å². The largest absolute Gasteiger partial charge is 0.480 e. The van der Waals surface area contributed by atoms with E-state index >= 15 is 0 Å². The lowest BCUT2D eigenvalue weighted by Crippen LogP contribution is -2.32. The van der Waals surface area contributed by atoms with Crippen LogP contribution in [0.15, 0.2) is 54.7 Å². The van der Waals surface area contributed by atoms with Crippen LogP contribution in [0.4, 0.5) is 11.5 Å². The number of nitrogens with two attached hydrogens (primary N) is 1. The molecular weight excluding hydrogens is 434 g/mol. The Labute approximate surface area is 198 Å². The van der Waals surface area contributed by atoms with Gasteiger partial charge >= 0.3 is 5.97 Å². The normalized spacial score (nSPS) is 10.9. The van der Waals surface area contributed by atoms with Gasteiger partial charge in [0.1, 0.15) is 5.82 Å². The number of carbonyl (C=O) groups excluding carboxylic acids is 2. The molecule has 0 radical (unpaired) electrons. The molecule has 0 saturated carbocycles. The van der Waals surface area contributed by atoms with E-state index in [9.17, 15) is 14.4 Å². The molecule has 0 spiro atoms. The summed E-state index contributed by atoms with van der Waals surface area (Å²) in [7, 11) is 5.11. The van der Waals surface area contributed by atoms with Gasteiger partial charge in [0.25, 0.3) is 11.8 Å². The van der Waals surface area contributed by atoms with Crippen molar-refractivity contribution < 1.29 is 19.5 Å². The number of benzene rings is 2. The molecule has 0 fully saturated rings. The highest BCUT2D eigenvalue weighted by Gasteiger charge is 2.17. The first-order chi connectivity index (χ1) is 16.2. The third-order valence-corrected chi connectivity index (χ3v) is 5.64. The van der Waals surface area contributed by atoms with Crippen LogP contribution >= 0.6 is 0 Å². The van der Waals surface area contributed by atoms with E-state index in [2.05, 4.69) is 4.98 Å². The van der Waals surface area contributed by atoms with Gasteiger partial charge in [0.05, 0.1) is 6.54 Å². The summed E-state index contributed by atoms with van der Waals surface area (Å²) in [6.45, 7) is 1.03. The van der Waals surface area contributed by atoms with Crippen LogP contribution in [-0.2, 0) is 4.79 Å². The minimum absolute atomic E-state index is 0.0366. The summed E-state index contributed by atoms with van der Waals surface area (Å²) in [6, 6.07) is 14.0. The Morgan fingerprint density at radius 1 is 0.912 bits per heavy atom. The molecule has 2 aromatic carbocycles. The average molecular weight is 464 g/mol. The Bertz CT molecular complexity index is 1200. The third kappa shape index (κ3) is 5.87. The van der Waals surface area contributed by atoms with Crippen LogP contribution in [-0.4, -0.2) is 78.5 Å². The molecule has 34 heavy (non-hydrogen) atoms. The Hall–Kier alpha value is -3.98. The molecule has 1 heterocycles. The van der Waals surface area contributed by atoms with Crippen molar-refractivity contribution in [1.82, 2.24) is 14.8 Å². The fraction of sp³-hybridized carbons (Fsp3) is 0.280. The number of nitrogen functional groups attached to an aromatic ring is 1. The summed E-state index contributed by atoms with van der Waals surface area (Å²) in [6.07, 6.45) is 2.30. The summed E-state index contributed by atoms with van der Waals surface area (Å²) in [4.78, 5) is 45.3. The number of carboxylic acid groups (broad SMARTS) is 1. The number of nitrogens with zero attached hydrogens (tertiary/aromatic N) is 4. The second-order valence-electron chi connectivity index (χ2n) is 8.25. The molecule has 1 aromatic heterocycles. The molecule has 0 bridgehead atoms. The van der Waals surface area contributed by atoms with Crippen molar-refractivity contribution in [3.05, 3.63) is 65.9 Å².